The number of amides is 1. The zero-order chi connectivity index (χ0) is 16.2. The van der Waals surface area contributed by atoms with E-state index in [1.807, 2.05) is 30.5 Å². The number of carbonyl (C=O) groups excluding carboxylic acids is 1. The van der Waals surface area contributed by atoms with E-state index in [0.29, 0.717) is 12.2 Å². The molecule has 0 saturated heterocycles. The number of nitrogen functional groups attached to an aromatic ring is 1. The molecule has 0 fully saturated rings. The fourth-order valence-electron chi connectivity index (χ4n) is 2.52. The van der Waals surface area contributed by atoms with E-state index in [1.54, 1.807) is 25.4 Å². The molecule has 0 radical (unpaired) electrons. The highest BCUT2D eigenvalue weighted by Gasteiger charge is 2.18. The summed E-state index contributed by atoms with van der Waals surface area (Å²) in [5.41, 5.74) is 8.14. The number of hydrogen-bond donors (Lipinski definition) is 3. The zero-order valence-corrected chi connectivity index (χ0v) is 12.7. The predicted octanol–water partition coefficient (Wildman–Crippen LogP) is 2.26. The molecule has 6 heteroatoms. The van der Waals surface area contributed by atoms with Crippen molar-refractivity contribution in [2.45, 2.75) is 6.04 Å². The Morgan fingerprint density at radius 1 is 1.39 bits per heavy atom. The van der Waals surface area contributed by atoms with E-state index in [-0.39, 0.29) is 17.8 Å². The Bertz CT molecular complexity index is 828. The summed E-state index contributed by atoms with van der Waals surface area (Å²) in [6.45, 7) is 0.363. The van der Waals surface area contributed by atoms with Gasteiger partial charge < -0.3 is 20.8 Å². The molecule has 23 heavy (non-hydrogen) atoms. The highest BCUT2D eigenvalue weighted by molar-refractivity contribution is 5.98. The molecule has 0 saturated carbocycles. The summed E-state index contributed by atoms with van der Waals surface area (Å²) < 4.78 is 5.25. The number of carbonyl (C=O) groups is 1. The molecule has 4 N–H and O–H groups in total. The number of H-pyrrole nitrogens is 1. The molecule has 0 aliphatic heterocycles. The quantitative estimate of drug-likeness (QED) is 0.674. The summed E-state index contributed by atoms with van der Waals surface area (Å²) in [6, 6.07) is 11.0. The van der Waals surface area contributed by atoms with Crippen molar-refractivity contribution < 1.29 is 9.53 Å². The first kappa shape index (κ1) is 15.1. The van der Waals surface area contributed by atoms with Gasteiger partial charge in [-0.1, -0.05) is 6.07 Å². The zero-order valence-electron chi connectivity index (χ0n) is 12.7. The smallest absolute Gasteiger partial charge is 0.255 e. The number of aromatic nitrogens is 2. The number of fused-ring (bicyclic) bond motifs is 1. The van der Waals surface area contributed by atoms with Crippen LogP contribution in [0.4, 0.5) is 5.82 Å². The monoisotopic (exact) mass is 310 g/mol. The fourth-order valence-corrected chi connectivity index (χ4v) is 2.52. The third kappa shape index (κ3) is 3.17. The minimum atomic E-state index is -0.272. The first-order valence-corrected chi connectivity index (χ1v) is 7.26. The van der Waals surface area contributed by atoms with Gasteiger partial charge in [0, 0.05) is 25.0 Å². The van der Waals surface area contributed by atoms with Crippen LogP contribution in [-0.2, 0) is 4.74 Å². The number of benzene rings is 1. The van der Waals surface area contributed by atoms with Gasteiger partial charge in [0.05, 0.1) is 18.2 Å². The molecule has 0 spiro atoms. The van der Waals surface area contributed by atoms with E-state index in [4.69, 9.17) is 10.5 Å². The lowest BCUT2D eigenvalue weighted by atomic mass is 10.0. The van der Waals surface area contributed by atoms with Gasteiger partial charge in [0.2, 0.25) is 0 Å². The molecule has 1 unspecified atom stereocenters. The van der Waals surface area contributed by atoms with Crippen molar-refractivity contribution in [2.75, 3.05) is 19.5 Å². The molecule has 2 heterocycles. The van der Waals surface area contributed by atoms with Crippen LogP contribution in [0, 0.1) is 0 Å². The number of hydrogen-bond acceptors (Lipinski definition) is 4. The third-order valence-corrected chi connectivity index (χ3v) is 3.70. The third-order valence-electron chi connectivity index (χ3n) is 3.70. The molecule has 2 aromatic heterocycles. The van der Waals surface area contributed by atoms with Crippen LogP contribution in [0.15, 0.2) is 48.8 Å². The van der Waals surface area contributed by atoms with Crippen molar-refractivity contribution in [3.05, 3.63) is 59.9 Å². The average molecular weight is 310 g/mol. The van der Waals surface area contributed by atoms with Crippen molar-refractivity contribution in [1.29, 1.82) is 0 Å². The highest BCUT2D eigenvalue weighted by atomic mass is 16.5. The minimum absolute atomic E-state index is 0.210. The summed E-state index contributed by atoms with van der Waals surface area (Å²) in [5, 5.41) is 4.04. The lowest BCUT2D eigenvalue weighted by molar-refractivity contribution is 0.0897. The maximum atomic E-state index is 12.4. The van der Waals surface area contributed by atoms with Gasteiger partial charge in [-0.05, 0) is 41.3 Å². The Labute approximate surface area is 133 Å². The molecular formula is C17H18N4O2. The Hall–Kier alpha value is -2.86. The minimum Gasteiger partial charge on any atom is -0.383 e. The van der Waals surface area contributed by atoms with Crippen LogP contribution in [0.2, 0.25) is 0 Å². The molecule has 0 aliphatic rings. The highest BCUT2D eigenvalue weighted by Crippen LogP contribution is 2.21. The second-order valence-electron chi connectivity index (χ2n) is 5.24. The summed E-state index contributed by atoms with van der Waals surface area (Å²) in [7, 11) is 1.60. The molecule has 3 rings (SSSR count). The van der Waals surface area contributed by atoms with Gasteiger partial charge in [-0.2, -0.15) is 0 Å². The summed E-state index contributed by atoms with van der Waals surface area (Å²) in [4.78, 5) is 19.5. The van der Waals surface area contributed by atoms with Crippen LogP contribution in [0.1, 0.15) is 22.0 Å². The number of anilines is 1. The van der Waals surface area contributed by atoms with Crippen molar-refractivity contribution in [1.82, 2.24) is 15.3 Å². The second kappa shape index (κ2) is 6.50. The van der Waals surface area contributed by atoms with E-state index in [1.165, 1.54) is 0 Å². The predicted molar refractivity (Wildman–Crippen MR) is 89.0 cm³/mol. The lowest BCUT2D eigenvalue weighted by Gasteiger charge is -2.19. The van der Waals surface area contributed by atoms with E-state index in [9.17, 15) is 4.79 Å². The Balaban J connectivity index is 1.86. The fraction of sp³-hybridized carbons (Fsp3) is 0.176. The van der Waals surface area contributed by atoms with Gasteiger partial charge in [-0.25, -0.2) is 4.98 Å². The summed E-state index contributed by atoms with van der Waals surface area (Å²) >= 11 is 0. The van der Waals surface area contributed by atoms with Gasteiger partial charge >= 0.3 is 0 Å². The Kier molecular flexibility index (Phi) is 4.25. The molecule has 1 atom stereocenters. The van der Waals surface area contributed by atoms with Crippen molar-refractivity contribution >= 4 is 22.6 Å². The largest absolute Gasteiger partial charge is 0.383 e. The molecule has 0 bridgehead atoms. The van der Waals surface area contributed by atoms with Gasteiger partial charge in [0.1, 0.15) is 5.82 Å². The lowest BCUT2D eigenvalue weighted by Crippen LogP contribution is -2.32. The molecular weight excluding hydrogens is 292 g/mol. The number of nitrogens with zero attached hydrogens (tertiary/aromatic N) is 1. The van der Waals surface area contributed by atoms with E-state index < -0.39 is 0 Å². The van der Waals surface area contributed by atoms with E-state index in [2.05, 4.69) is 15.3 Å². The topological polar surface area (TPSA) is 93.0 Å². The molecule has 1 amide bonds. The maximum Gasteiger partial charge on any atom is 0.255 e. The average Bonchev–Trinajstić information content (AvgIpc) is 3.02. The maximum absolute atomic E-state index is 12.4. The van der Waals surface area contributed by atoms with Crippen LogP contribution in [0.3, 0.4) is 0 Å². The van der Waals surface area contributed by atoms with Crippen molar-refractivity contribution in [3.63, 3.8) is 0 Å². The van der Waals surface area contributed by atoms with Gasteiger partial charge in [-0.15, -0.1) is 0 Å². The second-order valence-corrected chi connectivity index (χ2v) is 5.24. The number of rotatable bonds is 5. The van der Waals surface area contributed by atoms with Crippen molar-refractivity contribution in [3.8, 4) is 0 Å². The van der Waals surface area contributed by atoms with E-state index in [0.717, 1.165) is 16.5 Å². The molecule has 3 aromatic rings. The van der Waals surface area contributed by atoms with Gasteiger partial charge in [-0.3, -0.25) is 4.79 Å². The number of nitrogens with one attached hydrogen (secondary N) is 2. The van der Waals surface area contributed by atoms with Crippen LogP contribution in [-0.4, -0.2) is 29.6 Å². The Morgan fingerprint density at radius 3 is 3.04 bits per heavy atom. The van der Waals surface area contributed by atoms with Gasteiger partial charge in [0.25, 0.3) is 5.91 Å². The van der Waals surface area contributed by atoms with Crippen molar-refractivity contribution in [2.24, 2.45) is 0 Å². The van der Waals surface area contributed by atoms with E-state index >= 15 is 0 Å². The van der Waals surface area contributed by atoms with Crippen LogP contribution in [0.25, 0.3) is 10.9 Å². The normalized spacial score (nSPS) is 12.2. The first-order valence-electron chi connectivity index (χ1n) is 7.26. The van der Waals surface area contributed by atoms with Gasteiger partial charge in [0.15, 0.2) is 0 Å². The Morgan fingerprint density at radius 2 is 2.26 bits per heavy atom. The number of aromatic amines is 1. The molecule has 0 aliphatic carbocycles. The number of ether oxygens (including phenoxy) is 1. The van der Waals surface area contributed by atoms with Crippen LogP contribution >= 0.6 is 0 Å². The van der Waals surface area contributed by atoms with Crippen LogP contribution in [0.5, 0.6) is 0 Å². The SMILES string of the molecule is COCC(NC(=O)c1cccnc1N)c1ccc2[nH]ccc2c1. The molecule has 6 nitrogen and oxygen atoms in total. The number of nitrogens with two attached hydrogens (primary N) is 1. The molecule has 118 valence electrons. The standard InChI is InChI=1S/C17H18N4O2/c1-23-10-15(11-4-5-14-12(9-11)6-8-19-14)21-17(22)13-3-2-7-20-16(13)18/h2-9,15,19H,10H2,1H3,(H2,18,20)(H,21,22). The summed E-state index contributed by atoms with van der Waals surface area (Å²) in [6.07, 6.45) is 3.44. The molecule has 1 aromatic carbocycles. The number of pyridine rings is 1. The first-order chi connectivity index (χ1) is 11.2. The number of methoxy groups -OCH3 is 1. The summed E-state index contributed by atoms with van der Waals surface area (Å²) in [5.74, 6) is -0.0610. The van der Waals surface area contributed by atoms with Crippen LogP contribution < -0.4 is 11.1 Å².